The Bertz CT molecular complexity index is 1060. The Hall–Kier alpha value is -3.65. The van der Waals surface area contributed by atoms with Gasteiger partial charge in [0.2, 0.25) is 0 Å². The summed E-state index contributed by atoms with van der Waals surface area (Å²) in [7, 11) is 0. The van der Waals surface area contributed by atoms with Crippen LogP contribution in [0.25, 0.3) is 11.3 Å². The van der Waals surface area contributed by atoms with E-state index in [4.69, 9.17) is 4.42 Å². The largest absolute Gasteiger partial charge is 0.457 e. The smallest absolute Gasteiger partial charge is 0.281 e. The molecule has 1 aliphatic rings. The van der Waals surface area contributed by atoms with Crippen LogP contribution in [-0.4, -0.2) is 21.1 Å². The quantitative estimate of drug-likeness (QED) is 0.410. The molecule has 2 heterocycles. The van der Waals surface area contributed by atoms with Gasteiger partial charge in [-0.2, -0.15) is 5.06 Å². The van der Waals surface area contributed by atoms with Crippen molar-refractivity contribution in [3.63, 3.8) is 0 Å². The number of nitrogens with zero attached hydrogens (tertiary/aromatic N) is 2. The Morgan fingerprint density at radius 3 is 2.67 bits per heavy atom. The number of hydroxylamine groups is 2. The number of nitro benzene ring substituents is 1. The van der Waals surface area contributed by atoms with Crippen molar-refractivity contribution in [2.24, 2.45) is 0 Å². The van der Waals surface area contributed by atoms with Crippen LogP contribution in [-0.2, 0) is 0 Å². The highest BCUT2D eigenvalue weighted by atomic mass is 16.6. The lowest BCUT2D eigenvalue weighted by Gasteiger charge is -2.31. The zero-order valence-corrected chi connectivity index (χ0v) is 14.2. The van der Waals surface area contributed by atoms with E-state index < -0.39 is 17.0 Å². The van der Waals surface area contributed by atoms with E-state index >= 15 is 0 Å². The minimum Gasteiger partial charge on any atom is -0.457 e. The zero-order chi connectivity index (χ0) is 19.1. The van der Waals surface area contributed by atoms with Gasteiger partial charge in [0.15, 0.2) is 6.17 Å². The van der Waals surface area contributed by atoms with Gasteiger partial charge in [-0.05, 0) is 42.8 Å². The van der Waals surface area contributed by atoms with Crippen molar-refractivity contribution in [2.45, 2.75) is 13.1 Å². The van der Waals surface area contributed by atoms with Crippen LogP contribution in [0.5, 0.6) is 0 Å². The summed E-state index contributed by atoms with van der Waals surface area (Å²) in [6.45, 7) is 1.75. The number of carbonyl (C=O) groups is 1. The fraction of sp³-hybridized carbons (Fsp3) is 0.105. The predicted molar refractivity (Wildman–Crippen MR) is 96.3 cm³/mol. The molecule has 0 saturated carbocycles. The number of carbonyl (C=O) groups excluding carboxylic acids is 1. The molecule has 8 nitrogen and oxygen atoms in total. The SMILES string of the molecule is Cc1cc([N+](=O)[O-])ccc1-c1ccc([C@H]2Nc3ccccc3C(=O)N2O)o1. The highest BCUT2D eigenvalue weighted by Crippen LogP contribution is 2.35. The molecule has 0 unspecified atom stereocenters. The topological polar surface area (TPSA) is 109 Å². The molecule has 27 heavy (non-hydrogen) atoms. The van der Waals surface area contributed by atoms with Crippen molar-refractivity contribution < 1.29 is 19.3 Å². The second-order valence-electron chi connectivity index (χ2n) is 6.20. The van der Waals surface area contributed by atoms with Crippen LogP contribution in [0.15, 0.2) is 59.0 Å². The summed E-state index contributed by atoms with van der Waals surface area (Å²) in [6.07, 6.45) is -0.875. The number of fused-ring (bicyclic) bond motifs is 1. The number of nitro groups is 1. The van der Waals surface area contributed by atoms with Gasteiger partial charge in [-0.3, -0.25) is 20.1 Å². The molecule has 1 atom stereocenters. The van der Waals surface area contributed by atoms with Gasteiger partial charge < -0.3 is 9.73 Å². The minimum atomic E-state index is -0.875. The molecule has 2 aromatic carbocycles. The summed E-state index contributed by atoms with van der Waals surface area (Å²) in [5.41, 5.74) is 2.35. The third-order valence-corrected chi connectivity index (χ3v) is 4.48. The first-order valence-electron chi connectivity index (χ1n) is 8.19. The lowest BCUT2D eigenvalue weighted by molar-refractivity contribution is -0.384. The highest BCUT2D eigenvalue weighted by Gasteiger charge is 2.34. The maximum Gasteiger partial charge on any atom is 0.281 e. The summed E-state index contributed by atoms with van der Waals surface area (Å²) in [4.78, 5) is 22.8. The third-order valence-electron chi connectivity index (χ3n) is 4.48. The number of benzene rings is 2. The van der Waals surface area contributed by atoms with E-state index in [1.807, 2.05) is 0 Å². The number of aryl methyl sites for hydroxylation is 1. The first kappa shape index (κ1) is 16.8. The van der Waals surface area contributed by atoms with Gasteiger partial charge in [0, 0.05) is 23.4 Å². The second kappa shape index (κ2) is 6.26. The van der Waals surface area contributed by atoms with E-state index in [1.165, 1.54) is 12.1 Å². The molecule has 3 aromatic rings. The maximum atomic E-state index is 12.4. The Kier molecular flexibility index (Phi) is 3.89. The summed E-state index contributed by atoms with van der Waals surface area (Å²) in [6, 6.07) is 14.7. The van der Waals surface area contributed by atoms with Gasteiger partial charge in [0.25, 0.3) is 11.6 Å². The van der Waals surface area contributed by atoms with Crippen LogP contribution in [0.4, 0.5) is 11.4 Å². The van der Waals surface area contributed by atoms with Gasteiger partial charge in [0.05, 0.1) is 10.5 Å². The molecule has 1 amide bonds. The summed E-state index contributed by atoms with van der Waals surface area (Å²) >= 11 is 0. The molecule has 0 spiro atoms. The van der Waals surface area contributed by atoms with Crippen molar-refractivity contribution in [1.82, 2.24) is 5.06 Å². The van der Waals surface area contributed by atoms with E-state index in [1.54, 1.807) is 49.4 Å². The molecule has 0 radical (unpaired) electrons. The molecule has 8 heteroatoms. The van der Waals surface area contributed by atoms with Crippen LogP contribution in [0.3, 0.4) is 0 Å². The van der Waals surface area contributed by atoms with Gasteiger partial charge in [-0.25, -0.2) is 0 Å². The van der Waals surface area contributed by atoms with Gasteiger partial charge in [0.1, 0.15) is 11.5 Å². The molecule has 1 aromatic heterocycles. The Morgan fingerprint density at radius 1 is 1.15 bits per heavy atom. The first-order chi connectivity index (χ1) is 13.0. The Balaban J connectivity index is 1.67. The molecule has 1 aliphatic heterocycles. The number of non-ortho nitro benzene ring substituents is 1. The summed E-state index contributed by atoms with van der Waals surface area (Å²) in [5.74, 6) is 0.297. The van der Waals surface area contributed by atoms with Crippen molar-refractivity contribution in [2.75, 3.05) is 5.32 Å². The summed E-state index contributed by atoms with van der Waals surface area (Å²) in [5, 5.41) is 24.8. The van der Waals surface area contributed by atoms with Crippen LogP contribution in [0.2, 0.25) is 0 Å². The van der Waals surface area contributed by atoms with E-state index in [9.17, 15) is 20.1 Å². The molecule has 136 valence electrons. The average Bonchev–Trinajstić information content (AvgIpc) is 3.14. The molecule has 0 fully saturated rings. The maximum absolute atomic E-state index is 12.4. The fourth-order valence-corrected chi connectivity index (χ4v) is 3.12. The Morgan fingerprint density at radius 2 is 1.93 bits per heavy atom. The van der Waals surface area contributed by atoms with Crippen LogP contribution < -0.4 is 5.32 Å². The summed E-state index contributed by atoms with van der Waals surface area (Å²) < 4.78 is 5.84. The average molecular weight is 365 g/mol. The molecular formula is C19H15N3O5. The van der Waals surface area contributed by atoms with E-state index in [0.717, 1.165) is 0 Å². The molecule has 2 N–H and O–H groups in total. The standard InChI is InChI=1S/C19H15N3O5/c1-11-10-12(22(25)26)6-7-13(11)16-8-9-17(27-16)18-20-15-5-3-2-4-14(15)19(23)21(18)24/h2-10,18,20,24H,1H3/t18-/m0/s1. The van der Waals surface area contributed by atoms with Crippen LogP contribution in [0, 0.1) is 17.0 Å². The van der Waals surface area contributed by atoms with Gasteiger partial charge in [-0.1, -0.05) is 12.1 Å². The molecule has 4 rings (SSSR count). The number of hydrogen-bond donors (Lipinski definition) is 2. The number of anilines is 1. The number of rotatable bonds is 3. The fourth-order valence-electron chi connectivity index (χ4n) is 3.12. The minimum absolute atomic E-state index is 0.000661. The normalized spacial score (nSPS) is 16.0. The van der Waals surface area contributed by atoms with Crippen LogP contribution >= 0.6 is 0 Å². The van der Waals surface area contributed by atoms with Gasteiger partial charge >= 0.3 is 0 Å². The Labute approximate surface area is 153 Å². The molecular weight excluding hydrogens is 350 g/mol. The third kappa shape index (κ3) is 2.81. The first-order valence-corrected chi connectivity index (χ1v) is 8.19. The van der Waals surface area contributed by atoms with Crippen LogP contribution in [0.1, 0.15) is 27.8 Å². The molecule has 0 bridgehead atoms. The number of nitrogens with one attached hydrogen (secondary N) is 1. The highest BCUT2D eigenvalue weighted by molar-refractivity contribution is 6.00. The van der Waals surface area contributed by atoms with E-state index in [0.29, 0.717) is 39.0 Å². The lowest BCUT2D eigenvalue weighted by atomic mass is 10.1. The molecule has 0 aliphatic carbocycles. The number of para-hydroxylation sites is 1. The van der Waals surface area contributed by atoms with E-state index in [2.05, 4.69) is 5.32 Å². The number of amides is 1. The van der Waals surface area contributed by atoms with Crippen molar-refractivity contribution in [3.05, 3.63) is 81.6 Å². The van der Waals surface area contributed by atoms with Crippen molar-refractivity contribution in [3.8, 4) is 11.3 Å². The van der Waals surface area contributed by atoms with E-state index in [-0.39, 0.29) is 5.69 Å². The molecule has 0 saturated heterocycles. The predicted octanol–water partition coefficient (Wildman–Crippen LogP) is 4.12. The lowest BCUT2D eigenvalue weighted by Crippen LogP contribution is -2.40. The monoisotopic (exact) mass is 365 g/mol. The zero-order valence-electron chi connectivity index (χ0n) is 14.2. The van der Waals surface area contributed by atoms with Crippen molar-refractivity contribution in [1.29, 1.82) is 0 Å². The number of furan rings is 1. The second-order valence-corrected chi connectivity index (χ2v) is 6.20. The van der Waals surface area contributed by atoms with Crippen molar-refractivity contribution >= 4 is 17.3 Å². The number of hydrogen-bond acceptors (Lipinski definition) is 6. The van der Waals surface area contributed by atoms with Gasteiger partial charge in [-0.15, -0.1) is 0 Å².